The third-order valence-electron chi connectivity index (χ3n) is 3.03. The fourth-order valence-corrected chi connectivity index (χ4v) is 3.99. The number of amides is 2. The van der Waals surface area contributed by atoms with E-state index >= 15 is 0 Å². The Morgan fingerprint density at radius 2 is 1.77 bits per heavy atom. The van der Waals surface area contributed by atoms with Crippen LogP contribution < -0.4 is 10.6 Å². The highest BCUT2D eigenvalue weighted by molar-refractivity contribution is 8.00. The zero-order valence-corrected chi connectivity index (χ0v) is 15.7. The number of nitrogens with one attached hydrogen (secondary N) is 2. The number of anilines is 2. The van der Waals surface area contributed by atoms with Gasteiger partial charge in [-0.15, -0.1) is 22.0 Å². The molecule has 10 heteroatoms. The van der Waals surface area contributed by atoms with Gasteiger partial charge >= 0.3 is 0 Å². The van der Waals surface area contributed by atoms with E-state index in [9.17, 15) is 14.0 Å². The van der Waals surface area contributed by atoms with E-state index in [1.54, 1.807) is 11.3 Å². The van der Waals surface area contributed by atoms with Gasteiger partial charge in [0.1, 0.15) is 10.8 Å². The maximum Gasteiger partial charge on any atom is 0.236 e. The van der Waals surface area contributed by atoms with E-state index in [-0.39, 0.29) is 29.1 Å². The SMILES string of the molecule is O=C(CSCC(=O)Nc1nnc(-c2ccsc2)s1)Nc1ccc(F)cc1. The summed E-state index contributed by atoms with van der Waals surface area (Å²) in [4.78, 5) is 23.7. The Balaban J connectivity index is 1.40. The molecule has 0 spiro atoms. The molecule has 134 valence electrons. The number of carbonyl (C=O) groups is 2. The molecule has 26 heavy (non-hydrogen) atoms. The molecule has 0 bridgehead atoms. The first-order valence-corrected chi connectivity index (χ1v) is 10.3. The molecule has 3 rings (SSSR count). The lowest BCUT2D eigenvalue weighted by Crippen LogP contribution is -2.18. The lowest BCUT2D eigenvalue weighted by atomic mass is 10.3. The summed E-state index contributed by atoms with van der Waals surface area (Å²) in [7, 11) is 0. The van der Waals surface area contributed by atoms with Gasteiger partial charge in [0.05, 0.1) is 11.5 Å². The largest absolute Gasteiger partial charge is 0.325 e. The molecule has 3 aromatic rings. The molecule has 0 radical (unpaired) electrons. The average Bonchev–Trinajstić information content (AvgIpc) is 3.28. The van der Waals surface area contributed by atoms with Crippen molar-refractivity contribution >= 4 is 57.1 Å². The molecule has 2 N–H and O–H groups in total. The van der Waals surface area contributed by atoms with Crippen LogP contribution in [0.5, 0.6) is 0 Å². The van der Waals surface area contributed by atoms with E-state index < -0.39 is 0 Å². The number of hydrogen-bond acceptors (Lipinski definition) is 7. The van der Waals surface area contributed by atoms with E-state index in [4.69, 9.17) is 0 Å². The number of thioether (sulfide) groups is 1. The summed E-state index contributed by atoms with van der Waals surface area (Å²) in [6.07, 6.45) is 0. The second kappa shape index (κ2) is 8.88. The van der Waals surface area contributed by atoms with Gasteiger partial charge in [0, 0.05) is 16.6 Å². The first-order valence-electron chi connectivity index (χ1n) is 7.39. The Labute approximate surface area is 160 Å². The van der Waals surface area contributed by atoms with Crippen molar-refractivity contribution in [2.75, 3.05) is 22.1 Å². The summed E-state index contributed by atoms with van der Waals surface area (Å²) in [5.74, 6) is -0.652. The number of aromatic nitrogens is 2. The minimum atomic E-state index is -0.368. The van der Waals surface area contributed by atoms with Crippen molar-refractivity contribution < 1.29 is 14.0 Å². The normalized spacial score (nSPS) is 10.5. The molecular formula is C16H13FN4O2S3. The van der Waals surface area contributed by atoms with E-state index in [2.05, 4.69) is 20.8 Å². The molecule has 2 aromatic heterocycles. The molecule has 0 aliphatic rings. The molecule has 0 fully saturated rings. The number of rotatable bonds is 7. The quantitative estimate of drug-likeness (QED) is 0.623. The monoisotopic (exact) mass is 408 g/mol. The first kappa shape index (κ1) is 18.5. The van der Waals surface area contributed by atoms with Gasteiger partial charge in [-0.3, -0.25) is 14.9 Å². The molecule has 2 amide bonds. The van der Waals surface area contributed by atoms with Crippen molar-refractivity contribution in [3.63, 3.8) is 0 Å². The molecule has 0 unspecified atom stereocenters. The van der Waals surface area contributed by atoms with Crippen LogP contribution in [0.1, 0.15) is 0 Å². The van der Waals surface area contributed by atoms with Gasteiger partial charge in [-0.2, -0.15) is 11.3 Å². The molecule has 0 aliphatic heterocycles. The summed E-state index contributed by atoms with van der Waals surface area (Å²) in [5.41, 5.74) is 1.48. The predicted octanol–water partition coefficient (Wildman–Crippen LogP) is 3.72. The van der Waals surface area contributed by atoms with Crippen molar-refractivity contribution in [3.05, 3.63) is 46.9 Å². The summed E-state index contributed by atoms with van der Waals surface area (Å²) in [5, 5.41) is 18.4. The fourth-order valence-electron chi connectivity index (χ4n) is 1.90. The molecule has 0 aliphatic carbocycles. The molecule has 0 atom stereocenters. The number of carbonyl (C=O) groups excluding carboxylic acids is 2. The van der Waals surface area contributed by atoms with Gasteiger partial charge in [-0.05, 0) is 35.7 Å². The Kier molecular flexibility index (Phi) is 6.31. The van der Waals surface area contributed by atoms with E-state index in [1.165, 1.54) is 47.4 Å². The Morgan fingerprint density at radius 1 is 1.04 bits per heavy atom. The van der Waals surface area contributed by atoms with Crippen LogP contribution in [0.2, 0.25) is 0 Å². The van der Waals surface area contributed by atoms with Crippen molar-refractivity contribution in [2.24, 2.45) is 0 Å². The lowest BCUT2D eigenvalue weighted by molar-refractivity contribution is -0.114. The third-order valence-corrected chi connectivity index (χ3v) is 5.54. The van der Waals surface area contributed by atoms with Gasteiger partial charge in [0.2, 0.25) is 16.9 Å². The van der Waals surface area contributed by atoms with Gasteiger partial charge in [-0.25, -0.2) is 4.39 Å². The van der Waals surface area contributed by atoms with Crippen LogP contribution in [0, 0.1) is 5.82 Å². The second-order valence-electron chi connectivity index (χ2n) is 5.02. The maximum absolute atomic E-state index is 12.8. The number of nitrogens with zero attached hydrogens (tertiary/aromatic N) is 2. The molecule has 6 nitrogen and oxygen atoms in total. The Bertz CT molecular complexity index is 881. The number of halogens is 1. The van der Waals surface area contributed by atoms with Gasteiger partial charge in [0.25, 0.3) is 0 Å². The van der Waals surface area contributed by atoms with Crippen LogP contribution in [0.3, 0.4) is 0 Å². The number of thiophene rings is 1. The number of benzene rings is 1. The highest BCUT2D eigenvalue weighted by atomic mass is 32.2. The standard InChI is InChI=1S/C16H13FN4O2S3/c17-11-1-3-12(4-2-11)18-13(22)8-25-9-14(23)19-16-21-20-15(26-16)10-5-6-24-7-10/h1-7H,8-9H2,(H,18,22)(H,19,21,23). The van der Waals surface area contributed by atoms with Crippen LogP contribution >= 0.6 is 34.4 Å². The lowest BCUT2D eigenvalue weighted by Gasteiger charge is -2.05. The van der Waals surface area contributed by atoms with Gasteiger partial charge in [-0.1, -0.05) is 11.3 Å². The highest BCUT2D eigenvalue weighted by Gasteiger charge is 2.11. The summed E-state index contributed by atoms with van der Waals surface area (Å²) < 4.78 is 12.8. The van der Waals surface area contributed by atoms with E-state index in [1.807, 2.05) is 16.8 Å². The van der Waals surface area contributed by atoms with Crippen molar-refractivity contribution in [1.29, 1.82) is 0 Å². The first-order chi connectivity index (χ1) is 12.6. The van der Waals surface area contributed by atoms with E-state index in [0.29, 0.717) is 10.8 Å². The Morgan fingerprint density at radius 3 is 2.46 bits per heavy atom. The molecule has 0 saturated heterocycles. The zero-order valence-electron chi connectivity index (χ0n) is 13.3. The van der Waals surface area contributed by atoms with Crippen molar-refractivity contribution in [1.82, 2.24) is 10.2 Å². The summed E-state index contributed by atoms with van der Waals surface area (Å²) in [6.45, 7) is 0. The van der Waals surface area contributed by atoms with Gasteiger partial charge < -0.3 is 5.32 Å². The fraction of sp³-hybridized carbons (Fsp3) is 0.125. The topological polar surface area (TPSA) is 84.0 Å². The van der Waals surface area contributed by atoms with Crippen LogP contribution in [0.15, 0.2) is 41.1 Å². The van der Waals surface area contributed by atoms with Crippen molar-refractivity contribution in [2.45, 2.75) is 0 Å². The zero-order chi connectivity index (χ0) is 18.4. The molecule has 2 heterocycles. The molecule has 1 aromatic carbocycles. The summed E-state index contributed by atoms with van der Waals surface area (Å²) in [6, 6.07) is 7.42. The third kappa shape index (κ3) is 5.35. The van der Waals surface area contributed by atoms with Crippen LogP contribution in [0.4, 0.5) is 15.2 Å². The smallest absolute Gasteiger partial charge is 0.236 e. The minimum absolute atomic E-state index is 0.112. The van der Waals surface area contributed by atoms with Crippen LogP contribution in [-0.2, 0) is 9.59 Å². The molecular weight excluding hydrogens is 395 g/mol. The van der Waals surface area contributed by atoms with Crippen LogP contribution in [-0.4, -0.2) is 33.5 Å². The molecule has 0 saturated carbocycles. The average molecular weight is 409 g/mol. The highest BCUT2D eigenvalue weighted by Crippen LogP contribution is 2.27. The minimum Gasteiger partial charge on any atom is -0.325 e. The number of hydrogen-bond donors (Lipinski definition) is 2. The van der Waals surface area contributed by atoms with Crippen LogP contribution in [0.25, 0.3) is 10.6 Å². The van der Waals surface area contributed by atoms with E-state index in [0.717, 1.165) is 10.6 Å². The predicted molar refractivity (Wildman–Crippen MR) is 104 cm³/mol. The van der Waals surface area contributed by atoms with Gasteiger partial charge in [0.15, 0.2) is 0 Å². The maximum atomic E-state index is 12.8. The second-order valence-corrected chi connectivity index (χ2v) is 7.76. The Hall–Kier alpha value is -2.30. The summed E-state index contributed by atoms with van der Waals surface area (Å²) >= 11 is 4.03. The van der Waals surface area contributed by atoms with Crippen molar-refractivity contribution in [3.8, 4) is 10.6 Å².